The van der Waals surface area contributed by atoms with Gasteiger partial charge in [-0.2, -0.15) is 0 Å². The van der Waals surface area contributed by atoms with Gasteiger partial charge in [0.2, 0.25) is 0 Å². The zero-order chi connectivity index (χ0) is 15.4. The first kappa shape index (κ1) is 16.5. The molecule has 1 unspecified atom stereocenters. The molecule has 0 spiro atoms. The summed E-state index contributed by atoms with van der Waals surface area (Å²) in [6, 6.07) is 4.66. The minimum atomic E-state index is 0.0772. The topological polar surface area (TPSA) is 32.3 Å². The number of rotatable bonds is 6. The van der Waals surface area contributed by atoms with E-state index in [0.717, 1.165) is 18.0 Å². The largest absolute Gasteiger partial charge is 0.351 e. The number of carbonyl (C=O) groups excluding carboxylic acids is 1. The Morgan fingerprint density at radius 2 is 2.10 bits per heavy atom. The number of thiophene rings is 1. The molecule has 0 saturated carbocycles. The van der Waals surface area contributed by atoms with Crippen molar-refractivity contribution in [3.8, 4) is 0 Å². The number of hydrogen-bond donors (Lipinski definition) is 1. The summed E-state index contributed by atoms with van der Waals surface area (Å²) < 4.78 is 0. The van der Waals surface area contributed by atoms with Crippen molar-refractivity contribution < 1.29 is 4.79 Å². The maximum absolute atomic E-state index is 12.1. The van der Waals surface area contributed by atoms with E-state index in [0.29, 0.717) is 17.9 Å². The fourth-order valence-corrected chi connectivity index (χ4v) is 3.97. The maximum Gasteiger partial charge on any atom is 0.261 e. The van der Waals surface area contributed by atoms with Crippen LogP contribution in [0.2, 0.25) is 0 Å². The third-order valence-corrected chi connectivity index (χ3v) is 5.00. The molecule has 1 aromatic heterocycles. The number of nitrogens with one attached hydrogen (secondary N) is 1. The Balaban J connectivity index is 2.00. The fourth-order valence-electron chi connectivity index (χ4n) is 2.87. The first-order chi connectivity index (χ1) is 9.97. The van der Waals surface area contributed by atoms with E-state index in [4.69, 9.17) is 0 Å². The number of hydrogen-bond acceptors (Lipinski definition) is 3. The normalized spacial score (nSPS) is 19.6. The number of likely N-dealkylation sites (tertiary alicyclic amines) is 1. The SMILES string of the molecule is CC(C)CNC(=O)c1ccc(C2CCCN2CC(C)C)s1. The van der Waals surface area contributed by atoms with Crippen LogP contribution >= 0.6 is 11.3 Å². The maximum atomic E-state index is 12.1. The molecular weight excluding hydrogens is 280 g/mol. The van der Waals surface area contributed by atoms with Crippen molar-refractivity contribution in [1.82, 2.24) is 10.2 Å². The molecule has 0 bridgehead atoms. The number of nitrogens with zero attached hydrogens (tertiary/aromatic N) is 1. The van der Waals surface area contributed by atoms with E-state index in [-0.39, 0.29) is 5.91 Å². The quantitative estimate of drug-likeness (QED) is 0.863. The monoisotopic (exact) mass is 308 g/mol. The molecule has 4 heteroatoms. The van der Waals surface area contributed by atoms with Gasteiger partial charge in [0.1, 0.15) is 0 Å². The summed E-state index contributed by atoms with van der Waals surface area (Å²) in [6.07, 6.45) is 2.49. The van der Waals surface area contributed by atoms with Crippen LogP contribution in [0.15, 0.2) is 12.1 Å². The molecular formula is C17H28N2OS. The first-order valence-corrected chi connectivity index (χ1v) is 8.91. The lowest BCUT2D eigenvalue weighted by atomic mass is 10.1. The van der Waals surface area contributed by atoms with Gasteiger partial charge in [-0.1, -0.05) is 27.7 Å². The zero-order valence-corrected chi connectivity index (χ0v) is 14.5. The Labute approximate surface area is 132 Å². The summed E-state index contributed by atoms with van der Waals surface area (Å²) in [7, 11) is 0. The molecule has 0 aromatic carbocycles. The van der Waals surface area contributed by atoms with Gasteiger partial charge in [-0.05, 0) is 43.4 Å². The highest BCUT2D eigenvalue weighted by Gasteiger charge is 2.28. The molecule has 1 N–H and O–H groups in total. The van der Waals surface area contributed by atoms with Crippen LogP contribution in [0.4, 0.5) is 0 Å². The molecule has 1 aromatic rings. The van der Waals surface area contributed by atoms with Crippen LogP contribution in [-0.2, 0) is 0 Å². The third kappa shape index (κ3) is 4.55. The molecule has 1 aliphatic heterocycles. The minimum Gasteiger partial charge on any atom is -0.351 e. The number of carbonyl (C=O) groups is 1. The van der Waals surface area contributed by atoms with Crippen LogP contribution in [-0.4, -0.2) is 30.4 Å². The van der Waals surface area contributed by atoms with Crippen LogP contribution in [0.3, 0.4) is 0 Å². The summed E-state index contributed by atoms with van der Waals surface area (Å²) >= 11 is 1.67. The van der Waals surface area contributed by atoms with Gasteiger partial charge in [0.15, 0.2) is 0 Å². The van der Waals surface area contributed by atoms with Gasteiger partial charge < -0.3 is 5.32 Å². The van der Waals surface area contributed by atoms with Crippen LogP contribution in [0.5, 0.6) is 0 Å². The number of amides is 1. The molecule has 1 fully saturated rings. The summed E-state index contributed by atoms with van der Waals surface area (Å²) in [6.45, 7) is 11.9. The molecule has 0 aliphatic carbocycles. The van der Waals surface area contributed by atoms with Crippen molar-refractivity contribution in [2.24, 2.45) is 11.8 Å². The Bertz CT molecular complexity index is 467. The van der Waals surface area contributed by atoms with Gasteiger partial charge in [0.05, 0.1) is 4.88 Å². The molecule has 3 nitrogen and oxygen atoms in total. The van der Waals surface area contributed by atoms with E-state index in [9.17, 15) is 4.79 Å². The van der Waals surface area contributed by atoms with Gasteiger partial charge in [0.25, 0.3) is 5.91 Å². The van der Waals surface area contributed by atoms with Crippen molar-refractivity contribution in [2.75, 3.05) is 19.6 Å². The lowest BCUT2D eigenvalue weighted by Gasteiger charge is -2.25. The van der Waals surface area contributed by atoms with Crippen molar-refractivity contribution >= 4 is 17.2 Å². The highest BCUT2D eigenvalue weighted by Crippen LogP contribution is 2.36. The van der Waals surface area contributed by atoms with Crippen molar-refractivity contribution in [3.63, 3.8) is 0 Å². The molecule has 1 atom stereocenters. The zero-order valence-electron chi connectivity index (χ0n) is 13.7. The summed E-state index contributed by atoms with van der Waals surface area (Å²) in [4.78, 5) is 16.9. The molecule has 1 amide bonds. The lowest BCUT2D eigenvalue weighted by molar-refractivity contribution is 0.0953. The molecule has 1 aliphatic rings. The molecule has 1 saturated heterocycles. The van der Waals surface area contributed by atoms with E-state index in [2.05, 4.69) is 44.0 Å². The Morgan fingerprint density at radius 1 is 1.33 bits per heavy atom. The highest BCUT2D eigenvalue weighted by molar-refractivity contribution is 7.14. The second kappa shape index (κ2) is 7.41. The van der Waals surface area contributed by atoms with E-state index < -0.39 is 0 Å². The van der Waals surface area contributed by atoms with Crippen LogP contribution < -0.4 is 5.32 Å². The van der Waals surface area contributed by atoms with E-state index in [1.807, 2.05) is 6.07 Å². The van der Waals surface area contributed by atoms with Gasteiger partial charge in [-0.25, -0.2) is 0 Å². The molecule has 0 radical (unpaired) electrons. The van der Waals surface area contributed by atoms with E-state index in [1.165, 1.54) is 24.3 Å². The van der Waals surface area contributed by atoms with E-state index >= 15 is 0 Å². The smallest absolute Gasteiger partial charge is 0.261 e. The minimum absolute atomic E-state index is 0.0772. The molecule has 2 heterocycles. The standard InChI is InChI=1S/C17H28N2OS/c1-12(2)10-18-17(20)16-8-7-15(21-16)14-6-5-9-19(14)11-13(3)4/h7-8,12-14H,5-6,9-11H2,1-4H3,(H,18,20). The fraction of sp³-hybridized carbons (Fsp3) is 0.706. The first-order valence-electron chi connectivity index (χ1n) is 8.09. The summed E-state index contributed by atoms with van der Waals surface area (Å²) in [5.41, 5.74) is 0. The second-order valence-corrected chi connectivity index (χ2v) is 7.97. The molecule has 21 heavy (non-hydrogen) atoms. The Hall–Kier alpha value is -0.870. The van der Waals surface area contributed by atoms with E-state index in [1.54, 1.807) is 11.3 Å². The Morgan fingerprint density at radius 3 is 2.76 bits per heavy atom. The average Bonchev–Trinajstić information content (AvgIpc) is 3.03. The third-order valence-electron chi connectivity index (χ3n) is 3.81. The van der Waals surface area contributed by atoms with Gasteiger partial charge in [0, 0.05) is 24.0 Å². The summed E-state index contributed by atoms with van der Waals surface area (Å²) in [5.74, 6) is 1.26. The predicted molar refractivity (Wildman–Crippen MR) is 89.9 cm³/mol. The average molecular weight is 308 g/mol. The van der Waals surface area contributed by atoms with Gasteiger partial charge in [-0.3, -0.25) is 9.69 Å². The molecule has 2 rings (SSSR count). The Kier molecular flexibility index (Phi) is 5.82. The van der Waals surface area contributed by atoms with Crippen LogP contribution in [0.25, 0.3) is 0 Å². The van der Waals surface area contributed by atoms with Crippen molar-refractivity contribution in [1.29, 1.82) is 0 Å². The summed E-state index contributed by atoms with van der Waals surface area (Å²) in [5, 5.41) is 3.00. The lowest BCUT2D eigenvalue weighted by Crippen LogP contribution is -2.27. The van der Waals surface area contributed by atoms with Crippen molar-refractivity contribution in [2.45, 2.75) is 46.6 Å². The molecule has 118 valence electrons. The van der Waals surface area contributed by atoms with Crippen LogP contribution in [0.1, 0.15) is 61.1 Å². The second-order valence-electron chi connectivity index (χ2n) is 6.85. The van der Waals surface area contributed by atoms with Gasteiger partial charge >= 0.3 is 0 Å². The van der Waals surface area contributed by atoms with Crippen LogP contribution in [0, 0.1) is 11.8 Å². The van der Waals surface area contributed by atoms with Gasteiger partial charge in [-0.15, -0.1) is 11.3 Å². The van der Waals surface area contributed by atoms with Crippen molar-refractivity contribution in [3.05, 3.63) is 21.9 Å². The predicted octanol–water partition coefficient (Wildman–Crippen LogP) is 3.93. The highest BCUT2D eigenvalue weighted by atomic mass is 32.1.